The molecule has 0 radical (unpaired) electrons. The van der Waals surface area contributed by atoms with Gasteiger partial charge < -0.3 is 4.90 Å². The molecule has 0 aliphatic carbocycles. The molecule has 5 heteroatoms. The van der Waals surface area contributed by atoms with Gasteiger partial charge in [-0.25, -0.2) is 0 Å². The first-order chi connectivity index (χ1) is 11.1. The van der Waals surface area contributed by atoms with E-state index in [0.717, 1.165) is 49.2 Å². The van der Waals surface area contributed by atoms with E-state index in [-0.39, 0.29) is 11.9 Å². The predicted octanol–water partition coefficient (Wildman–Crippen LogP) is 3.46. The SMILES string of the molecule is CCCCCN1CC(C)n2ncc(-c3ccnc(C)c3)c2C1=O. The number of hydrogen-bond donors (Lipinski definition) is 0. The number of hydrogen-bond acceptors (Lipinski definition) is 3. The van der Waals surface area contributed by atoms with E-state index >= 15 is 0 Å². The van der Waals surface area contributed by atoms with Gasteiger partial charge in [0.2, 0.25) is 0 Å². The Morgan fingerprint density at radius 1 is 1.35 bits per heavy atom. The Kier molecular flexibility index (Phi) is 4.46. The van der Waals surface area contributed by atoms with Crippen LogP contribution in [0.1, 0.15) is 55.3 Å². The molecule has 2 aromatic rings. The van der Waals surface area contributed by atoms with Crippen LogP contribution in [0.4, 0.5) is 0 Å². The zero-order valence-corrected chi connectivity index (χ0v) is 14.1. The molecule has 1 aliphatic rings. The van der Waals surface area contributed by atoms with Crippen LogP contribution in [0, 0.1) is 6.92 Å². The maximum absolute atomic E-state index is 12.9. The summed E-state index contributed by atoms with van der Waals surface area (Å²) < 4.78 is 1.88. The number of pyridine rings is 1. The van der Waals surface area contributed by atoms with Gasteiger partial charge in [0.1, 0.15) is 5.69 Å². The molecule has 122 valence electrons. The Morgan fingerprint density at radius 2 is 2.17 bits per heavy atom. The second-order valence-corrected chi connectivity index (χ2v) is 6.34. The molecule has 0 aromatic carbocycles. The van der Waals surface area contributed by atoms with Crippen LogP contribution in [0.25, 0.3) is 11.1 Å². The van der Waals surface area contributed by atoms with Gasteiger partial charge in [0.05, 0.1) is 12.2 Å². The molecule has 1 atom stereocenters. The van der Waals surface area contributed by atoms with Crippen molar-refractivity contribution in [2.45, 2.75) is 46.1 Å². The number of unbranched alkanes of at least 4 members (excludes halogenated alkanes) is 2. The van der Waals surface area contributed by atoms with Gasteiger partial charge in [0.15, 0.2) is 0 Å². The second-order valence-electron chi connectivity index (χ2n) is 6.34. The van der Waals surface area contributed by atoms with Gasteiger partial charge in [-0.1, -0.05) is 19.8 Å². The fraction of sp³-hybridized carbons (Fsp3) is 0.500. The third-order valence-electron chi connectivity index (χ3n) is 4.43. The van der Waals surface area contributed by atoms with Crippen LogP contribution < -0.4 is 0 Å². The highest BCUT2D eigenvalue weighted by Gasteiger charge is 2.32. The third-order valence-corrected chi connectivity index (χ3v) is 4.43. The molecule has 0 saturated heterocycles. The standard InChI is InChI=1S/C18H24N4O/c1-4-5-6-9-21-12-14(3)22-17(18(21)23)16(11-20-22)15-7-8-19-13(2)10-15/h7-8,10-11,14H,4-6,9,12H2,1-3H3. The lowest BCUT2D eigenvalue weighted by Crippen LogP contribution is -2.43. The highest BCUT2D eigenvalue weighted by Crippen LogP contribution is 2.30. The zero-order valence-electron chi connectivity index (χ0n) is 14.1. The summed E-state index contributed by atoms with van der Waals surface area (Å²) in [7, 11) is 0. The number of carbonyl (C=O) groups is 1. The van der Waals surface area contributed by atoms with Crippen LogP contribution in [0.3, 0.4) is 0 Å². The number of fused-ring (bicyclic) bond motifs is 1. The summed E-state index contributed by atoms with van der Waals surface area (Å²) in [5.74, 6) is 0.0983. The van der Waals surface area contributed by atoms with Crippen LogP contribution in [0.2, 0.25) is 0 Å². The van der Waals surface area contributed by atoms with Gasteiger partial charge in [0, 0.05) is 30.5 Å². The molecule has 1 aliphatic heterocycles. The Labute approximate surface area is 137 Å². The Morgan fingerprint density at radius 3 is 2.91 bits per heavy atom. The van der Waals surface area contributed by atoms with E-state index in [4.69, 9.17) is 0 Å². The van der Waals surface area contributed by atoms with Crippen molar-refractivity contribution < 1.29 is 4.79 Å². The molecule has 0 fully saturated rings. The minimum absolute atomic E-state index is 0.0983. The quantitative estimate of drug-likeness (QED) is 0.794. The smallest absolute Gasteiger partial charge is 0.272 e. The molecule has 0 bridgehead atoms. The van der Waals surface area contributed by atoms with Gasteiger partial charge in [-0.05, 0) is 38.0 Å². The average molecular weight is 312 g/mol. The van der Waals surface area contributed by atoms with E-state index < -0.39 is 0 Å². The van der Waals surface area contributed by atoms with Gasteiger partial charge in [-0.15, -0.1) is 0 Å². The molecular weight excluding hydrogens is 288 g/mol. The summed E-state index contributed by atoms with van der Waals surface area (Å²) in [6.07, 6.45) is 6.98. The van der Waals surface area contributed by atoms with E-state index in [1.165, 1.54) is 0 Å². The molecule has 3 heterocycles. The Balaban J connectivity index is 1.95. The molecule has 23 heavy (non-hydrogen) atoms. The first-order valence-electron chi connectivity index (χ1n) is 8.41. The molecule has 0 N–H and O–H groups in total. The topological polar surface area (TPSA) is 51.0 Å². The summed E-state index contributed by atoms with van der Waals surface area (Å²) in [6.45, 7) is 7.83. The number of carbonyl (C=O) groups excluding carboxylic acids is 1. The molecule has 0 spiro atoms. The number of amides is 1. The van der Waals surface area contributed by atoms with Crippen molar-refractivity contribution in [3.05, 3.63) is 35.9 Å². The largest absolute Gasteiger partial charge is 0.335 e. The van der Waals surface area contributed by atoms with Crippen LogP contribution in [0.5, 0.6) is 0 Å². The van der Waals surface area contributed by atoms with Gasteiger partial charge in [-0.2, -0.15) is 5.10 Å². The summed E-state index contributed by atoms with van der Waals surface area (Å²) in [5, 5.41) is 4.47. The van der Waals surface area contributed by atoms with E-state index in [9.17, 15) is 4.79 Å². The van der Waals surface area contributed by atoms with Crippen molar-refractivity contribution in [2.75, 3.05) is 13.1 Å². The lowest BCUT2D eigenvalue weighted by atomic mass is 10.0. The summed E-state index contributed by atoms with van der Waals surface area (Å²) >= 11 is 0. The molecule has 1 amide bonds. The van der Waals surface area contributed by atoms with Crippen LogP contribution in [-0.4, -0.2) is 38.7 Å². The number of aromatic nitrogens is 3. The maximum atomic E-state index is 12.9. The van der Waals surface area contributed by atoms with Crippen molar-refractivity contribution in [3.63, 3.8) is 0 Å². The fourth-order valence-corrected chi connectivity index (χ4v) is 3.21. The maximum Gasteiger partial charge on any atom is 0.272 e. The monoisotopic (exact) mass is 312 g/mol. The number of rotatable bonds is 5. The van der Waals surface area contributed by atoms with E-state index in [1.54, 1.807) is 6.20 Å². The summed E-state index contributed by atoms with van der Waals surface area (Å²) in [6, 6.07) is 4.16. The first-order valence-corrected chi connectivity index (χ1v) is 8.41. The van der Waals surface area contributed by atoms with Crippen LogP contribution >= 0.6 is 0 Å². The second kappa shape index (κ2) is 6.52. The zero-order chi connectivity index (χ0) is 16.4. The van der Waals surface area contributed by atoms with Crippen molar-refractivity contribution in [1.29, 1.82) is 0 Å². The van der Waals surface area contributed by atoms with Crippen molar-refractivity contribution >= 4 is 5.91 Å². The minimum atomic E-state index is 0.0983. The molecule has 1 unspecified atom stereocenters. The molecule has 5 nitrogen and oxygen atoms in total. The highest BCUT2D eigenvalue weighted by atomic mass is 16.2. The third kappa shape index (κ3) is 3.00. The average Bonchev–Trinajstić information content (AvgIpc) is 2.98. The van der Waals surface area contributed by atoms with E-state index in [0.29, 0.717) is 5.69 Å². The highest BCUT2D eigenvalue weighted by molar-refractivity contribution is 5.99. The Bertz CT molecular complexity index is 707. The van der Waals surface area contributed by atoms with Crippen molar-refractivity contribution in [3.8, 4) is 11.1 Å². The molecule has 2 aromatic heterocycles. The van der Waals surface area contributed by atoms with Gasteiger partial charge in [0.25, 0.3) is 5.91 Å². The minimum Gasteiger partial charge on any atom is -0.335 e. The first kappa shape index (κ1) is 15.7. The summed E-state index contributed by atoms with van der Waals surface area (Å²) in [5.41, 5.74) is 3.58. The van der Waals surface area contributed by atoms with Crippen LogP contribution in [-0.2, 0) is 0 Å². The number of aryl methyl sites for hydroxylation is 1. The summed E-state index contributed by atoms with van der Waals surface area (Å²) in [4.78, 5) is 19.2. The number of nitrogens with zero attached hydrogens (tertiary/aromatic N) is 4. The molecule has 3 rings (SSSR count). The lowest BCUT2D eigenvalue weighted by Gasteiger charge is -2.32. The van der Waals surface area contributed by atoms with E-state index in [1.807, 2.05) is 34.8 Å². The lowest BCUT2D eigenvalue weighted by molar-refractivity contribution is 0.0664. The van der Waals surface area contributed by atoms with Crippen molar-refractivity contribution in [2.24, 2.45) is 0 Å². The van der Waals surface area contributed by atoms with Gasteiger partial charge >= 0.3 is 0 Å². The van der Waals surface area contributed by atoms with Crippen LogP contribution in [0.15, 0.2) is 24.5 Å². The molecule has 0 saturated carbocycles. The van der Waals surface area contributed by atoms with Gasteiger partial charge in [-0.3, -0.25) is 14.5 Å². The normalized spacial score (nSPS) is 17.4. The fourth-order valence-electron chi connectivity index (χ4n) is 3.21. The molecular formula is C18H24N4O. The predicted molar refractivity (Wildman–Crippen MR) is 90.3 cm³/mol. The van der Waals surface area contributed by atoms with Crippen molar-refractivity contribution in [1.82, 2.24) is 19.7 Å². The Hall–Kier alpha value is -2.17. The van der Waals surface area contributed by atoms with E-state index in [2.05, 4.69) is 23.9 Å².